The third kappa shape index (κ3) is 5.69. The molecule has 2 N–H and O–H groups in total. The lowest BCUT2D eigenvalue weighted by atomic mass is 10.2. The number of carbonyl (C=O) groups excluding carboxylic acids is 2. The fourth-order valence-electron chi connectivity index (χ4n) is 2.03. The van der Waals surface area contributed by atoms with Gasteiger partial charge in [0.1, 0.15) is 0 Å². The number of halogens is 1. The molecule has 0 aromatic rings. The van der Waals surface area contributed by atoms with Gasteiger partial charge in [0.05, 0.1) is 0 Å². The van der Waals surface area contributed by atoms with E-state index in [1.165, 1.54) is 0 Å². The molecule has 2 amide bonds. The van der Waals surface area contributed by atoms with Crippen molar-refractivity contribution in [2.45, 2.75) is 39.2 Å². The lowest BCUT2D eigenvalue weighted by molar-refractivity contribution is -0.133. The summed E-state index contributed by atoms with van der Waals surface area (Å²) in [5.41, 5.74) is 0. The van der Waals surface area contributed by atoms with Crippen LogP contribution in [0.2, 0.25) is 0 Å². The lowest BCUT2D eigenvalue weighted by Crippen LogP contribution is -2.37. The van der Waals surface area contributed by atoms with Crippen molar-refractivity contribution in [3.05, 3.63) is 0 Å². The number of nitrogens with zero attached hydrogens (tertiary/aromatic N) is 1. The monoisotopic (exact) mass is 277 g/mol. The maximum absolute atomic E-state index is 11.7. The number of carbonyl (C=O) groups is 2. The number of hydrogen-bond donors (Lipinski definition) is 2. The van der Waals surface area contributed by atoms with Gasteiger partial charge in [-0.3, -0.25) is 9.59 Å². The van der Waals surface area contributed by atoms with E-state index in [0.29, 0.717) is 25.9 Å². The first-order valence-corrected chi connectivity index (χ1v) is 6.45. The molecule has 0 aliphatic carbocycles. The zero-order chi connectivity index (χ0) is 12.7. The van der Waals surface area contributed by atoms with Crippen LogP contribution in [0.25, 0.3) is 0 Å². The molecule has 18 heavy (non-hydrogen) atoms. The molecule has 5 nitrogen and oxygen atoms in total. The van der Waals surface area contributed by atoms with Gasteiger partial charge < -0.3 is 15.5 Å². The highest BCUT2D eigenvalue weighted by molar-refractivity contribution is 5.85. The summed E-state index contributed by atoms with van der Waals surface area (Å²) >= 11 is 0. The van der Waals surface area contributed by atoms with Crippen molar-refractivity contribution in [2.24, 2.45) is 0 Å². The number of amides is 2. The van der Waals surface area contributed by atoms with E-state index in [2.05, 4.69) is 10.6 Å². The van der Waals surface area contributed by atoms with Crippen molar-refractivity contribution in [3.63, 3.8) is 0 Å². The van der Waals surface area contributed by atoms with E-state index < -0.39 is 0 Å². The van der Waals surface area contributed by atoms with Crippen molar-refractivity contribution in [1.82, 2.24) is 15.5 Å². The van der Waals surface area contributed by atoms with Gasteiger partial charge in [-0.15, -0.1) is 12.4 Å². The van der Waals surface area contributed by atoms with Gasteiger partial charge in [0.2, 0.25) is 11.8 Å². The third-order valence-electron chi connectivity index (χ3n) is 3.11. The minimum atomic E-state index is -0.0146. The summed E-state index contributed by atoms with van der Waals surface area (Å²) in [5, 5.41) is 6.13. The molecule has 0 aromatic heterocycles. The molecule has 106 valence electrons. The molecular formula is C12H24ClN3O2. The maximum Gasteiger partial charge on any atom is 0.223 e. The summed E-state index contributed by atoms with van der Waals surface area (Å²) in [4.78, 5) is 25.0. The molecule has 1 atom stereocenters. The molecule has 0 spiro atoms. The van der Waals surface area contributed by atoms with E-state index >= 15 is 0 Å². The summed E-state index contributed by atoms with van der Waals surface area (Å²) in [5.74, 6) is 0.0499. The predicted molar refractivity (Wildman–Crippen MR) is 73.8 cm³/mol. The molecular weight excluding hydrogens is 254 g/mol. The van der Waals surface area contributed by atoms with E-state index in [4.69, 9.17) is 0 Å². The van der Waals surface area contributed by atoms with Crippen LogP contribution in [0, 0.1) is 0 Å². The zero-order valence-corrected chi connectivity index (χ0v) is 12.0. The number of nitrogens with one attached hydrogen (secondary N) is 2. The molecule has 1 heterocycles. The van der Waals surface area contributed by atoms with Crippen molar-refractivity contribution in [2.75, 3.05) is 26.2 Å². The van der Waals surface area contributed by atoms with Crippen LogP contribution in [-0.2, 0) is 9.59 Å². The van der Waals surface area contributed by atoms with E-state index in [1.807, 2.05) is 13.8 Å². The molecule has 1 rings (SSSR count). The molecule has 0 radical (unpaired) electrons. The molecule has 6 heteroatoms. The second-order valence-corrected chi connectivity index (χ2v) is 4.32. The van der Waals surface area contributed by atoms with Crippen LogP contribution in [0.1, 0.15) is 33.1 Å². The van der Waals surface area contributed by atoms with Crippen molar-refractivity contribution in [1.29, 1.82) is 0 Å². The van der Waals surface area contributed by atoms with Gasteiger partial charge in [-0.1, -0.05) is 0 Å². The van der Waals surface area contributed by atoms with Gasteiger partial charge in [-0.2, -0.15) is 0 Å². The van der Waals surface area contributed by atoms with Crippen LogP contribution in [-0.4, -0.2) is 48.9 Å². The maximum atomic E-state index is 11.7. The van der Waals surface area contributed by atoms with Crippen molar-refractivity contribution < 1.29 is 9.59 Å². The smallest absolute Gasteiger partial charge is 0.223 e. The predicted octanol–water partition coefficient (Wildman–Crippen LogP) is 0.535. The first-order chi connectivity index (χ1) is 8.17. The summed E-state index contributed by atoms with van der Waals surface area (Å²) < 4.78 is 0. The molecule has 1 saturated heterocycles. The Balaban J connectivity index is 0.00000289. The zero-order valence-electron chi connectivity index (χ0n) is 11.2. The lowest BCUT2D eigenvalue weighted by Gasteiger charge is -2.18. The quantitative estimate of drug-likeness (QED) is 0.745. The largest absolute Gasteiger partial charge is 0.352 e. The minimum Gasteiger partial charge on any atom is -0.352 e. The van der Waals surface area contributed by atoms with Crippen molar-refractivity contribution >= 4 is 24.2 Å². The van der Waals surface area contributed by atoms with Crippen LogP contribution >= 0.6 is 12.4 Å². The van der Waals surface area contributed by atoms with E-state index in [1.54, 1.807) is 4.90 Å². The first kappa shape index (κ1) is 17.2. The molecule has 1 unspecified atom stereocenters. The summed E-state index contributed by atoms with van der Waals surface area (Å²) in [6.45, 7) is 7.13. The average molecular weight is 278 g/mol. The SMILES string of the molecule is CCN(CC)C(=O)CCC(=O)NC1CCNC1.Cl. The minimum absolute atomic E-state index is 0. The Morgan fingerprint density at radius 1 is 1.28 bits per heavy atom. The van der Waals surface area contributed by atoms with Crippen LogP contribution < -0.4 is 10.6 Å². The first-order valence-electron chi connectivity index (χ1n) is 6.45. The van der Waals surface area contributed by atoms with E-state index in [0.717, 1.165) is 19.5 Å². The fraction of sp³-hybridized carbons (Fsp3) is 0.833. The van der Waals surface area contributed by atoms with Crippen molar-refractivity contribution in [3.8, 4) is 0 Å². The van der Waals surface area contributed by atoms with E-state index in [-0.39, 0.29) is 30.3 Å². The molecule has 0 saturated carbocycles. The third-order valence-corrected chi connectivity index (χ3v) is 3.11. The molecule has 0 aromatic carbocycles. The summed E-state index contributed by atoms with van der Waals surface area (Å²) in [6, 6.07) is 0.242. The highest BCUT2D eigenvalue weighted by atomic mass is 35.5. The topological polar surface area (TPSA) is 61.4 Å². The Labute approximate surface area is 115 Å². The second kappa shape index (κ2) is 9.16. The van der Waals surface area contributed by atoms with Crippen LogP contribution in [0.15, 0.2) is 0 Å². The Morgan fingerprint density at radius 2 is 1.94 bits per heavy atom. The summed E-state index contributed by atoms with van der Waals surface area (Å²) in [7, 11) is 0. The molecule has 1 fully saturated rings. The Kier molecular flexibility index (Phi) is 8.75. The molecule has 1 aliphatic heterocycles. The number of hydrogen-bond acceptors (Lipinski definition) is 3. The normalized spacial score (nSPS) is 18.0. The summed E-state index contributed by atoms with van der Waals surface area (Å²) in [6.07, 6.45) is 1.59. The molecule has 0 bridgehead atoms. The highest BCUT2D eigenvalue weighted by Crippen LogP contribution is 2.01. The van der Waals surface area contributed by atoms with Gasteiger partial charge >= 0.3 is 0 Å². The molecule has 1 aliphatic rings. The van der Waals surface area contributed by atoms with Gasteiger partial charge in [0.15, 0.2) is 0 Å². The van der Waals surface area contributed by atoms with E-state index in [9.17, 15) is 9.59 Å². The Hall–Kier alpha value is -0.810. The van der Waals surface area contributed by atoms with Crippen LogP contribution in [0.3, 0.4) is 0 Å². The highest BCUT2D eigenvalue weighted by Gasteiger charge is 2.17. The van der Waals surface area contributed by atoms with Gasteiger partial charge in [-0.25, -0.2) is 0 Å². The van der Waals surface area contributed by atoms with Crippen LogP contribution in [0.4, 0.5) is 0 Å². The Bertz CT molecular complexity index is 264. The van der Waals surface area contributed by atoms with Crippen LogP contribution in [0.5, 0.6) is 0 Å². The number of rotatable bonds is 6. The Morgan fingerprint density at radius 3 is 2.44 bits per heavy atom. The standard InChI is InChI=1S/C12H23N3O2.ClH/c1-3-15(4-2)12(17)6-5-11(16)14-10-7-8-13-9-10;/h10,13H,3-9H2,1-2H3,(H,14,16);1H. The fourth-order valence-corrected chi connectivity index (χ4v) is 2.03. The van der Waals surface area contributed by atoms with Gasteiger partial charge in [-0.05, 0) is 26.8 Å². The van der Waals surface area contributed by atoms with Gasteiger partial charge in [0, 0.05) is 38.5 Å². The van der Waals surface area contributed by atoms with Gasteiger partial charge in [0.25, 0.3) is 0 Å². The average Bonchev–Trinajstić information content (AvgIpc) is 2.81. The second-order valence-electron chi connectivity index (χ2n) is 4.32.